The summed E-state index contributed by atoms with van der Waals surface area (Å²) >= 11 is 1.41. The van der Waals surface area contributed by atoms with E-state index in [4.69, 9.17) is 9.47 Å². The minimum Gasteiger partial charge on any atom is -0.495 e. The zero-order valence-corrected chi connectivity index (χ0v) is 19.3. The highest BCUT2D eigenvalue weighted by Gasteiger charge is 2.21. The van der Waals surface area contributed by atoms with Crippen molar-refractivity contribution in [2.75, 3.05) is 33.6 Å². The lowest BCUT2D eigenvalue weighted by Crippen LogP contribution is -2.28. The van der Waals surface area contributed by atoms with E-state index in [1.165, 1.54) is 23.5 Å². The predicted molar refractivity (Wildman–Crippen MR) is 123 cm³/mol. The quantitative estimate of drug-likeness (QED) is 0.444. The van der Waals surface area contributed by atoms with Gasteiger partial charge in [-0.2, -0.15) is 0 Å². The van der Waals surface area contributed by atoms with Crippen molar-refractivity contribution >= 4 is 27.1 Å². The minimum absolute atomic E-state index is 0.108. The number of rotatable bonds is 9. The number of methoxy groups -OCH3 is 1. The molecule has 0 aliphatic rings. The van der Waals surface area contributed by atoms with Crippen molar-refractivity contribution in [1.29, 1.82) is 0 Å². The highest BCUT2D eigenvalue weighted by atomic mass is 32.2. The molecular weight excluding hydrogens is 434 g/mol. The number of amides is 1. The molecule has 0 saturated heterocycles. The second-order valence-electron chi connectivity index (χ2n) is 7.05. The molecule has 0 aliphatic heterocycles. The first-order valence-corrected chi connectivity index (χ1v) is 12.4. The second kappa shape index (κ2) is 9.98. The van der Waals surface area contributed by atoms with E-state index in [9.17, 15) is 13.2 Å². The standard InChI is InChI=1S/C23H25NO5S2/c1-24(13-8-14-29-18-11-7-12-19(15-18)31(3,26)27)23(25)22-20(28-2)16-21(30-22)17-9-5-4-6-10-17/h4-7,9-12,15-16H,8,13-14H2,1-3H3. The van der Waals surface area contributed by atoms with Crippen LogP contribution in [0.5, 0.6) is 11.5 Å². The van der Waals surface area contributed by atoms with Crippen LogP contribution in [0.25, 0.3) is 10.4 Å². The Kier molecular flexibility index (Phi) is 7.35. The average molecular weight is 460 g/mol. The molecule has 0 aliphatic carbocycles. The molecule has 1 heterocycles. The van der Waals surface area contributed by atoms with Gasteiger partial charge in [-0.05, 0) is 36.2 Å². The van der Waals surface area contributed by atoms with E-state index in [0.29, 0.717) is 35.9 Å². The van der Waals surface area contributed by atoms with Gasteiger partial charge in [-0.25, -0.2) is 8.42 Å². The van der Waals surface area contributed by atoms with Crippen LogP contribution in [0.4, 0.5) is 0 Å². The number of nitrogens with zero attached hydrogens (tertiary/aromatic N) is 1. The Morgan fingerprint density at radius 2 is 1.81 bits per heavy atom. The summed E-state index contributed by atoms with van der Waals surface area (Å²) in [4.78, 5) is 16.3. The van der Waals surface area contributed by atoms with Gasteiger partial charge in [0.1, 0.15) is 16.4 Å². The van der Waals surface area contributed by atoms with E-state index < -0.39 is 9.84 Å². The van der Waals surface area contributed by atoms with Gasteiger partial charge >= 0.3 is 0 Å². The summed E-state index contributed by atoms with van der Waals surface area (Å²) in [7, 11) is 0.0260. The normalized spacial score (nSPS) is 11.2. The molecule has 2 aromatic carbocycles. The van der Waals surface area contributed by atoms with Gasteiger partial charge in [0, 0.05) is 24.7 Å². The lowest BCUT2D eigenvalue weighted by atomic mass is 10.2. The zero-order chi connectivity index (χ0) is 22.4. The highest BCUT2D eigenvalue weighted by molar-refractivity contribution is 7.90. The van der Waals surface area contributed by atoms with Gasteiger partial charge in [0.25, 0.3) is 5.91 Å². The average Bonchev–Trinajstić information content (AvgIpc) is 3.21. The van der Waals surface area contributed by atoms with Crippen LogP contribution in [0.2, 0.25) is 0 Å². The van der Waals surface area contributed by atoms with Gasteiger partial charge in [-0.15, -0.1) is 11.3 Å². The van der Waals surface area contributed by atoms with Crippen molar-refractivity contribution in [1.82, 2.24) is 4.90 Å². The van der Waals surface area contributed by atoms with Crippen LogP contribution in [0, 0.1) is 0 Å². The number of sulfone groups is 1. The summed E-state index contributed by atoms with van der Waals surface area (Å²) in [5, 5.41) is 0. The molecule has 0 N–H and O–H groups in total. The van der Waals surface area contributed by atoms with E-state index in [2.05, 4.69) is 0 Å². The molecule has 31 heavy (non-hydrogen) atoms. The van der Waals surface area contributed by atoms with Crippen LogP contribution in [0.15, 0.2) is 65.6 Å². The van der Waals surface area contributed by atoms with Crippen LogP contribution >= 0.6 is 11.3 Å². The van der Waals surface area contributed by atoms with Crippen LogP contribution in [-0.4, -0.2) is 52.8 Å². The molecule has 8 heteroatoms. The fourth-order valence-electron chi connectivity index (χ4n) is 2.98. The Bertz CT molecular complexity index is 1140. The third-order valence-electron chi connectivity index (χ3n) is 4.66. The fourth-order valence-corrected chi connectivity index (χ4v) is 4.76. The van der Waals surface area contributed by atoms with Crippen molar-refractivity contribution in [3.8, 4) is 21.9 Å². The minimum atomic E-state index is -3.28. The number of hydrogen-bond donors (Lipinski definition) is 0. The summed E-state index contributed by atoms with van der Waals surface area (Å²) in [6, 6.07) is 18.2. The van der Waals surface area contributed by atoms with Crippen molar-refractivity contribution in [2.24, 2.45) is 0 Å². The largest absolute Gasteiger partial charge is 0.495 e. The van der Waals surface area contributed by atoms with Crippen LogP contribution in [-0.2, 0) is 9.84 Å². The molecule has 3 rings (SSSR count). The first-order chi connectivity index (χ1) is 14.8. The molecule has 6 nitrogen and oxygen atoms in total. The number of hydrogen-bond acceptors (Lipinski definition) is 6. The smallest absolute Gasteiger partial charge is 0.267 e. The number of thiophene rings is 1. The number of carbonyl (C=O) groups excluding carboxylic acids is 1. The van der Waals surface area contributed by atoms with E-state index in [-0.39, 0.29) is 10.8 Å². The number of carbonyl (C=O) groups is 1. The summed E-state index contributed by atoms with van der Waals surface area (Å²) in [6.45, 7) is 0.855. The topological polar surface area (TPSA) is 72.9 Å². The van der Waals surface area contributed by atoms with Gasteiger partial charge in [0.15, 0.2) is 9.84 Å². The van der Waals surface area contributed by atoms with Crippen LogP contribution in [0.1, 0.15) is 16.1 Å². The third kappa shape index (κ3) is 5.86. The summed E-state index contributed by atoms with van der Waals surface area (Å²) in [6.07, 6.45) is 1.76. The highest BCUT2D eigenvalue weighted by Crippen LogP contribution is 2.36. The molecule has 0 atom stereocenters. The Morgan fingerprint density at radius 1 is 1.06 bits per heavy atom. The second-order valence-corrected chi connectivity index (χ2v) is 10.1. The van der Waals surface area contributed by atoms with Crippen molar-refractivity contribution in [3.05, 3.63) is 65.5 Å². The number of benzene rings is 2. The molecule has 0 bridgehead atoms. The molecular formula is C23H25NO5S2. The Labute approximate surface area is 187 Å². The number of ether oxygens (including phenoxy) is 2. The first kappa shape index (κ1) is 22.8. The summed E-state index contributed by atoms with van der Waals surface area (Å²) in [5.74, 6) is 0.946. The van der Waals surface area contributed by atoms with E-state index in [1.54, 1.807) is 31.2 Å². The summed E-state index contributed by atoms with van der Waals surface area (Å²) < 4.78 is 34.4. The molecule has 0 fully saturated rings. The maximum atomic E-state index is 12.9. The molecule has 1 amide bonds. The SMILES string of the molecule is COc1cc(-c2ccccc2)sc1C(=O)N(C)CCCOc1cccc(S(C)(=O)=O)c1. The van der Waals surface area contributed by atoms with Gasteiger partial charge in [-0.3, -0.25) is 4.79 Å². The van der Waals surface area contributed by atoms with E-state index >= 15 is 0 Å². The molecule has 3 aromatic rings. The maximum absolute atomic E-state index is 12.9. The molecule has 0 radical (unpaired) electrons. The fraction of sp³-hybridized carbons (Fsp3) is 0.261. The zero-order valence-electron chi connectivity index (χ0n) is 17.7. The molecule has 1 aromatic heterocycles. The molecule has 0 spiro atoms. The molecule has 0 saturated carbocycles. The van der Waals surface area contributed by atoms with E-state index in [0.717, 1.165) is 16.7 Å². The first-order valence-electron chi connectivity index (χ1n) is 9.71. The van der Waals surface area contributed by atoms with E-state index in [1.807, 2.05) is 36.4 Å². The Morgan fingerprint density at radius 3 is 2.48 bits per heavy atom. The van der Waals surface area contributed by atoms with Gasteiger partial charge in [0.2, 0.25) is 0 Å². The van der Waals surface area contributed by atoms with Gasteiger partial charge in [-0.1, -0.05) is 36.4 Å². The van der Waals surface area contributed by atoms with Crippen LogP contribution in [0.3, 0.4) is 0 Å². The summed E-state index contributed by atoms with van der Waals surface area (Å²) in [5.41, 5.74) is 1.04. The Hall–Kier alpha value is -2.84. The van der Waals surface area contributed by atoms with Crippen molar-refractivity contribution in [2.45, 2.75) is 11.3 Å². The van der Waals surface area contributed by atoms with Crippen LogP contribution < -0.4 is 9.47 Å². The third-order valence-corrected chi connectivity index (χ3v) is 6.92. The molecule has 164 valence electrons. The molecule has 0 unspecified atom stereocenters. The van der Waals surface area contributed by atoms with Gasteiger partial charge < -0.3 is 14.4 Å². The van der Waals surface area contributed by atoms with Crippen molar-refractivity contribution < 1.29 is 22.7 Å². The predicted octanol–water partition coefficient (Wildman–Crippen LogP) is 4.37. The maximum Gasteiger partial charge on any atom is 0.267 e. The Balaban J connectivity index is 1.58. The van der Waals surface area contributed by atoms with Gasteiger partial charge in [0.05, 0.1) is 18.6 Å². The lowest BCUT2D eigenvalue weighted by molar-refractivity contribution is 0.0789. The van der Waals surface area contributed by atoms with Crippen molar-refractivity contribution in [3.63, 3.8) is 0 Å². The lowest BCUT2D eigenvalue weighted by Gasteiger charge is -2.17. The monoisotopic (exact) mass is 459 g/mol.